The summed E-state index contributed by atoms with van der Waals surface area (Å²) in [5.74, 6) is 1.48. The number of benzene rings is 1. The van der Waals surface area contributed by atoms with Gasteiger partial charge in [-0.05, 0) is 31.0 Å². The standard InChI is InChI=1S/C18H22N4O2/c1-24-17-5-3-2-4-16(17)21-8-10-22(11-9-21)18(23)15-12-14(19-20-15)13-6-7-13/h2-5,12-13H,6-11H2,1H3,(H,19,20). The first-order valence-electron chi connectivity index (χ1n) is 8.49. The number of ether oxygens (including phenoxy) is 1. The maximum Gasteiger partial charge on any atom is 0.274 e. The topological polar surface area (TPSA) is 61.5 Å². The van der Waals surface area contributed by atoms with E-state index in [1.165, 1.54) is 12.8 Å². The van der Waals surface area contributed by atoms with Crippen LogP contribution >= 0.6 is 0 Å². The molecule has 1 aliphatic carbocycles. The zero-order chi connectivity index (χ0) is 16.5. The van der Waals surface area contributed by atoms with Gasteiger partial charge in [0.25, 0.3) is 5.91 Å². The highest BCUT2D eigenvalue weighted by Gasteiger charge is 2.29. The minimum atomic E-state index is 0.0258. The number of methoxy groups -OCH3 is 1. The molecule has 2 aliphatic rings. The van der Waals surface area contributed by atoms with Crippen molar-refractivity contribution in [2.75, 3.05) is 38.2 Å². The summed E-state index contributed by atoms with van der Waals surface area (Å²) in [6.45, 7) is 2.99. The number of hydrogen-bond donors (Lipinski definition) is 1. The van der Waals surface area contributed by atoms with Crippen molar-refractivity contribution in [2.45, 2.75) is 18.8 Å². The largest absolute Gasteiger partial charge is 0.495 e. The lowest BCUT2D eigenvalue weighted by atomic mass is 10.2. The van der Waals surface area contributed by atoms with Crippen molar-refractivity contribution in [2.24, 2.45) is 0 Å². The van der Waals surface area contributed by atoms with E-state index >= 15 is 0 Å². The Morgan fingerprint density at radius 1 is 1.21 bits per heavy atom. The Labute approximate surface area is 141 Å². The third-order valence-electron chi connectivity index (χ3n) is 4.83. The molecule has 1 saturated carbocycles. The highest BCUT2D eigenvalue weighted by atomic mass is 16.5. The highest BCUT2D eigenvalue weighted by molar-refractivity contribution is 5.92. The number of nitrogens with zero attached hydrogens (tertiary/aromatic N) is 3. The van der Waals surface area contributed by atoms with Crippen LogP contribution < -0.4 is 9.64 Å². The summed E-state index contributed by atoms with van der Waals surface area (Å²) in [4.78, 5) is 16.8. The quantitative estimate of drug-likeness (QED) is 0.936. The molecule has 4 rings (SSSR count). The molecule has 1 aromatic heterocycles. The van der Waals surface area contributed by atoms with E-state index in [0.717, 1.165) is 30.2 Å². The lowest BCUT2D eigenvalue weighted by Gasteiger charge is -2.36. The molecule has 2 aromatic rings. The van der Waals surface area contributed by atoms with Crippen LogP contribution in [0.5, 0.6) is 5.75 Å². The van der Waals surface area contributed by atoms with Gasteiger partial charge < -0.3 is 14.5 Å². The van der Waals surface area contributed by atoms with Crippen molar-refractivity contribution in [1.29, 1.82) is 0 Å². The fraction of sp³-hybridized carbons (Fsp3) is 0.444. The highest BCUT2D eigenvalue weighted by Crippen LogP contribution is 2.39. The van der Waals surface area contributed by atoms with Crippen LogP contribution in [0.15, 0.2) is 30.3 Å². The van der Waals surface area contributed by atoms with E-state index in [9.17, 15) is 4.79 Å². The molecule has 0 radical (unpaired) electrons. The second kappa shape index (κ2) is 6.19. The Bertz CT molecular complexity index is 730. The zero-order valence-corrected chi connectivity index (χ0v) is 13.9. The number of nitrogens with one attached hydrogen (secondary N) is 1. The predicted molar refractivity (Wildman–Crippen MR) is 91.7 cm³/mol. The molecule has 2 fully saturated rings. The fourth-order valence-corrected chi connectivity index (χ4v) is 3.25. The van der Waals surface area contributed by atoms with Crippen LogP contribution in [0.2, 0.25) is 0 Å². The first-order valence-corrected chi connectivity index (χ1v) is 8.49. The number of aromatic amines is 1. The summed E-state index contributed by atoms with van der Waals surface area (Å²) in [6.07, 6.45) is 2.40. The summed E-state index contributed by atoms with van der Waals surface area (Å²) < 4.78 is 5.44. The van der Waals surface area contributed by atoms with Crippen molar-refractivity contribution in [1.82, 2.24) is 15.1 Å². The molecule has 1 saturated heterocycles. The average molecular weight is 326 g/mol. The zero-order valence-electron chi connectivity index (χ0n) is 13.9. The molecule has 1 aromatic carbocycles. The van der Waals surface area contributed by atoms with Crippen molar-refractivity contribution >= 4 is 11.6 Å². The number of rotatable bonds is 4. The van der Waals surface area contributed by atoms with Gasteiger partial charge in [-0.3, -0.25) is 9.89 Å². The van der Waals surface area contributed by atoms with Crippen molar-refractivity contribution < 1.29 is 9.53 Å². The number of aromatic nitrogens is 2. The normalized spacial score (nSPS) is 17.9. The summed E-state index contributed by atoms with van der Waals surface area (Å²) in [5.41, 5.74) is 2.73. The molecule has 0 bridgehead atoms. The molecule has 1 N–H and O–H groups in total. The summed E-state index contributed by atoms with van der Waals surface area (Å²) in [6, 6.07) is 9.93. The maximum absolute atomic E-state index is 12.6. The third-order valence-corrected chi connectivity index (χ3v) is 4.83. The molecule has 0 spiro atoms. The second-order valence-electron chi connectivity index (χ2n) is 6.43. The molecule has 1 aliphatic heterocycles. The molecular formula is C18H22N4O2. The molecule has 0 unspecified atom stereocenters. The van der Waals surface area contributed by atoms with Gasteiger partial charge in [0, 0.05) is 37.8 Å². The van der Waals surface area contributed by atoms with E-state index in [1.54, 1.807) is 7.11 Å². The minimum absolute atomic E-state index is 0.0258. The number of carbonyl (C=O) groups is 1. The van der Waals surface area contributed by atoms with Crippen LogP contribution in [-0.2, 0) is 0 Å². The molecule has 1 amide bonds. The van der Waals surface area contributed by atoms with Gasteiger partial charge in [0.2, 0.25) is 0 Å². The SMILES string of the molecule is COc1ccccc1N1CCN(C(=O)c2cc(C3CC3)[nH]n2)CC1. The van der Waals surface area contributed by atoms with Crippen LogP contribution in [0.3, 0.4) is 0 Å². The van der Waals surface area contributed by atoms with Gasteiger partial charge in [-0.2, -0.15) is 5.10 Å². The van der Waals surface area contributed by atoms with E-state index in [2.05, 4.69) is 21.2 Å². The maximum atomic E-state index is 12.6. The second-order valence-corrected chi connectivity index (χ2v) is 6.43. The van der Waals surface area contributed by atoms with Gasteiger partial charge in [0.1, 0.15) is 11.4 Å². The molecular weight excluding hydrogens is 304 g/mol. The number of amides is 1. The van der Waals surface area contributed by atoms with Gasteiger partial charge in [-0.15, -0.1) is 0 Å². The molecule has 126 valence electrons. The summed E-state index contributed by atoms with van der Waals surface area (Å²) in [7, 11) is 1.69. The van der Waals surface area contributed by atoms with Crippen LogP contribution in [0, 0.1) is 0 Å². The molecule has 2 heterocycles. The lowest BCUT2D eigenvalue weighted by molar-refractivity contribution is 0.0740. The minimum Gasteiger partial charge on any atom is -0.495 e. The number of piperazine rings is 1. The smallest absolute Gasteiger partial charge is 0.274 e. The number of anilines is 1. The van der Waals surface area contributed by atoms with E-state index < -0.39 is 0 Å². The predicted octanol–water partition coefficient (Wildman–Crippen LogP) is 2.26. The van der Waals surface area contributed by atoms with Crippen LogP contribution in [-0.4, -0.2) is 54.3 Å². The lowest BCUT2D eigenvalue weighted by Crippen LogP contribution is -2.49. The Kier molecular flexibility index (Phi) is 3.88. The first kappa shape index (κ1) is 15.1. The molecule has 24 heavy (non-hydrogen) atoms. The van der Waals surface area contributed by atoms with E-state index in [-0.39, 0.29) is 5.91 Å². The Hall–Kier alpha value is -2.50. The van der Waals surface area contributed by atoms with Gasteiger partial charge in [-0.1, -0.05) is 12.1 Å². The monoisotopic (exact) mass is 326 g/mol. The Morgan fingerprint density at radius 3 is 2.67 bits per heavy atom. The van der Waals surface area contributed by atoms with Crippen LogP contribution in [0.25, 0.3) is 0 Å². The van der Waals surface area contributed by atoms with Crippen molar-refractivity contribution in [3.63, 3.8) is 0 Å². The van der Waals surface area contributed by atoms with Gasteiger partial charge in [0.05, 0.1) is 12.8 Å². The van der Waals surface area contributed by atoms with E-state index in [0.29, 0.717) is 24.7 Å². The summed E-state index contributed by atoms with van der Waals surface area (Å²) in [5, 5.41) is 7.22. The van der Waals surface area contributed by atoms with E-state index in [4.69, 9.17) is 4.74 Å². The Balaban J connectivity index is 1.40. The average Bonchev–Trinajstić information content (AvgIpc) is 3.38. The van der Waals surface area contributed by atoms with Crippen LogP contribution in [0.1, 0.15) is 34.9 Å². The molecule has 0 atom stereocenters. The van der Waals surface area contributed by atoms with E-state index in [1.807, 2.05) is 29.2 Å². The van der Waals surface area contributed by atoms with Gasteiger partial charge in [-0.25, -0.2) is 0 Å². The van der Waals surface area contributed by atoms with Crippen molar-refractivity contribution in [3.8, 4) is 5.75 Å². The number of H-pyrrole nitrogens is 1. The summed E-state index contributed by atoms with van der Waals surface area (Å²) >= 11 is 0. The molecule has 6 heteroatoms. The third kappa shape index (κ3) is 2.84. The van der Waals surface area contributed by atoms with Gasteiger partial charge >= 0.3 is 0 Å². The fourth-order valence-electron chi connectivity index (χ4n) is 3.25. The first-order chi connectivity index (χ1) is 11.8. The van der Waals surface area contributed by atoms with Gasteiger partial charge in [0.15, 0.2) is 0 Å². The van der Waals surface area contributed by atoms with Crippen molar-refractivity contribution in [3.05, 3.63) is 41.7 Å². The molecule has 6 nitrogen and oxygen atoms in total. The number of carbonyl (C=O) groups excluding carboxylic acids is 1. The Morgan fingerprint density at radius 2 is 1.96 bits per heavy atom. The number of para-hydroxylation sites is 2. The number of hydrogen-bond acceptors (Lipinski definition) is 4. The van der Waals surface area contributed by atoms with Crippen LogP contribution in [0.4, 0.5) is 5.69 Å².